The van der Waals surface area contributed by atoms with Crippen molar-refractivity contribution < 1.29 is 30.1 Å². The van der Waals surface area contributed by atoms with Crippen molar-refractivity contribution in [2.75, 3.05) is 13.2 Å². The van der Waals surface area contributed by atoms with Crippen LogP contribution in [0.3, 0.4) is 0 Å². The number of allylic oxidation sites excluding steroid dienone is 6. The maximum atomic E-state index is 6.16. The van der Waals surface area contributed by atoms with Gasteiger partial charge in [-0.3, -0.25) is 0 Å². The molecular formula is C23H42Cl2O2Si2Zr. The Morgan fingerprint density at radius 3 is 1.43 bits per heavy atom. The molecule has 0 aliphatic heterocycles. The van der Waals surface area contributed by atoms with Crippen LogP contribution in [0.4, 0.5) is 0 Å². The molecule has 2 rings (SSSR count). The van der Waals surface area contributed by atoms with Gasteiger partial charge in [-0.05, 0) is 0 Å². The van der Waals surface area contributed by atoms with E-state index in [1.165, 1.54) is 12.8 Å². The fourth-order valence-electron chi connectivity index (χ4n) is 3.82. The SMILES string of the molecule is C[C](C)=[Zr]([C]1=C(CCO[Si](C)(C)C)C=CC1)[C]1=C(CCO[Si](C)(C)C)C=CC1.Cl.Cl. The summed E-state index contributed by atoms with van der Waals surface area (Å²) in [6, 6.07) is 0. The molecule has 0 N–H and O–H groups in total. The molecule has 2 aliphatic carbocycles. The van der Waals surface area contributed by atoms with Crippen LogP contribution < -0.4 is 0 Å². The molecule has 172 valence electrons. The van der Waals surface area contributed by atoms with E-state index in [0.717, 1.165) is 26.1 Å². The number of hydrogen-bond acceptors (Lipinski definition) is 2. The van der Waals surface area contributed by atoms with Crippen molar-refractivity contribution in [3.05, 3.63) is 42.0 Å². The molecule has 0 spiro atoms. The predicted molar refractivity (Wildman–Crippen MR) is 140 cm³/mol. The van der Waals surface area contributed by atoms with Gasteiger partial charge in [0, 0.05) is 0 Å². The Morgan fingerprint density at radius 1 is 0.767 bits per heavy atom. The van der Waals surface area contributed by atoms with Crippen molar-refractivity contribution in [2.45, 2.75) is 78.8 Å². The average Bonchev–Trinajstić information content (AvgIpc) is 3.16. The van der Waals surface area contributed by atoms with E-state index in [1.807, 2.05) is 0 Å². The maximum Gasteiger partial charge on any atom is -0.147 e. The minimum Gasteiger partial charge on any atom is -0.147 e. The molecule has 7 heteroatoms. The Kier molecular flexibility index (Phi) is 13.7. The second-order valence-corrected chi connectivity index (χ2v) is 26.3. The van der Waals surface area contributed by atoms with Crippen LogP contribution in [0.2, 0.25) is 39.3 Å². The molecule has 0 bridgehead atoms. The van der Waals surface area contributed by atoms with Crippen LogP contribution in [0, 0.1) is 0 Å². The summed E-state index contributed by atoms with van der Waals surface area (Å²) in [5, 5.41) is 0. The second kappa shape index (κ2) is 13.4. The van der Waals surface area contributed by atoms with Crippen LogP contribution in [-0.2, 0) is 30.1 Å². The third-order valence-corrected chi connectivity index (χ3v) is 15.1. The molecule has 0 atom stereocenters. The van der Waals surface area contributed by atoms with Crippen molar-refractivity contribution in [3.8, 4) is 0 Å². The molecule has 0 radical (unpaired) electrons. The summed E-state index contributed by atoms with van der Waals surface area (Å²) in [6.45, 7) is 20.2. The van der Waals surface area contributed by atoms with Crippen molar-refractivity contribution in [3.63, 3.8) is 0 Å². The van der Waals surface area contributed by atoms with Crippen LogP contribution in [0.15, 0.2) is 42.0 Å². The zero-order valence-corrected chi connectivity index (χ0v) is 26.3. The van der Waals surface area contributed by atoms with Gasteiger partial charge < -0.3 is 0 Å². The normalized spacial score (nSPS) is 16.1. The first-order valence-electron chi connectivity index (χ1n) is 10.7. The fourth-order valence-corrected chi connectivity index (χ4v) is 13.3. The van der Waals surface area contributed by atoms with Gasteiger partial charge in [0.1, 0.15) is 0 Å². The van der Waals surface area contributed by atoms with E-state index in [1.54, 1.807) is 20.9 Å². The predicted octanol–water partition coefficient (Wildman–Crippen LogP) is 7.57. The van der Waals surface area contributed by atoms with Gasteiger partial charge >= 0.3 is 184 Å². The Bertz CT molecular complexity index is 679. The van der Waals surface area contributed by atoms with Crippen LogP contribution >= 0.6 is 24.8 Å². The van der Waals surface area contributed by atoms with Crippen LogP contribution in [-0.4, -0.2) is 33.1 Å². The zero-order valence-electron chi connectivity index (χ0n) is 20.2. The number of halogens is 2. The topological polar surface area (TPSA) is 18.5 Å². The van der Waals surface area contributed by atoms with Gasteiger partial charge in [0.2, 0.25) is 0 Å². The summed E-state index contributed by atoms with van der Waals surface area (Å²) < 4.78 is 17.6. The van der Waals surface area contributed by atoms with Crippen molar-refractivity contribution in [1.29, 1.82) is 0 Å². The van der Waals surface area contributed by atoms with Gasteiger partial charge in [-0.15, -0.1) is 24.8 Å². The second-order valence-electron chi connectivity index (χ2n) is 10.0. The zero-order chi connectivity index (χ0) is 20.9. The molecule has 0 fully saturated rings. The van der Waals surface area contributed by atoms with E-state index in [9.17, 15) is 0 Å². The van der Waals surface area contributed by atoms with Crippen molar-refractivity contribution in [1.82, 2.24) is 0 Å². The minimum atomic E-state index is -1.94. The van der Waals surface area contributed by atoms with Crippen LogP contribution in [0.25, 0.3) is 0 Å². The third kappa shape index (κ3) is 10.1. The summed E-state index contributed by atoms with van der Waals surface area (Å²) in [4.78, 5) is 0. The van der Waals surface area contributed by atoms with Gasteiger partial charge in [-0.1, -0.05) is 0 Å². The standard InChI is InChI=1S/2C10H17OSi.C3H6.2ClH.Zr/c2*1-12(2,3)11-9-8-10-6-4-5-7-10;1-3-2;;;/h2*4,6H,5,8-9H2,1-3H3;1-2H3;2*1H;. The first-order valence-corrected chi connectivity index (χ1v) is 21.2. The molecular weight excluding hydrogens is 527 g/mol. The van der Waals surface area contributed by atoms with E-state index in [4.69, 9.17) is 8.85 Å². The van der Waals surface area contributed by atoms with E-state index in [2.05, 4.69) is 77.4 Å². The summed E-state index contributed by atoms with van der Waals surface area (Å²) in [5.74, 6) is 0. The summed E-state index contributed by atoms with van der Waals surface area (Å²) in [5.41, 5.74) is 3.18. The van der Waals surface area contributed by atoms with Crippen LogP contribution in [0.1, 0.15) is 39.5 Å². The Labute approximate surface area is 207 Å². The molecule has 30 heavy (non-hydrogen) atoms. The summed E-state index contributed by atoms with van der Waals surface area (Å²) >= 11 is -1.94. The summed E-state index contributed by atoms with van der Waals surface area (Å²) in [6.07, 6.45) is 14.1. The van der Waals surface area contributed by atoms with Gasteiger partial charge in [0.15, 0.2) is 0 Å². The Hall–Kier alpha value is 0.647. The van der Waals surface area contributed by atoms with E-state index < -0.39 is 37.9 Å². The monoisotopic (exact) mass is 566 g/mol. The van der Waals surface area contributed by atoms with E-state index in [-0.39, 0.29) is 24.8 Å². The van der Waals surface area contributed by atoms with E-state index in [0.29, 0.717) is 0 Å². The maximum absolute atomic E-state index is 6.16. The molecule has 0 aromatic rings. The molecule has 0 saturated carbocycles. The molecule has 2 nitrogen and oxygen atoms in total. The Morgan fingerprint density at radius 2 is 1.13 bits per heavy atom. The molecule has 0 unspecified atom stereocenters. The van der Waals surface area contributed by atoms with Gasteiger partial charge in [-0.25, -0.2) is 0 Å². The average molecular weight is 569 g/mol. The molecule has 0 heterocycles. The Balaban J connectivity index is 0.00000420. The first kappa shape index (κ1) is 30.6. The molecule has 0 amide bonds. The summed E-state index contributed by atoms with van der Waals surface area (Å²) in [7, 11) is -2.87. The largest absolute Gasteiger partial charge is 0.147 e. The molecule has 0 saturated heterocycles. The van der Waals surface area contributed by atoms with Crippen LogP contribution in [0.5, 0.6) is 0 Å². The molecule has 2 aliphatic rings. The van der Waals surface area contributed by atoms with Crippen molar-refractivity contribution >= 4 is 44.7 Å². The van der Waals surface area contributed by atoms with E-state index >= 15 is 0 Å². The smallest absolute Gasteiger partial charge is 0.147 e. The first-order chi connectivity index (χ1) is 13.0. The fraction of sp³-hybridized carbons (Fsp3) is 0.609. The number of rotatable bonds is 10. The minimum absolute atomic E-state index is 0. The molecule has 0 aromatic carbocycles. The quantitative estimate of drug-likeness (QED) is 0.253. The van der Waals surface area contributed by atoms with Gasteiger partial charge in [0.05, 0.1) is 0 Å². The third-order valence-electron chi connectivity index (χ3n) is 4.97. The van der Waals surface area contributed by atoms with Gasteiger partial charge in [0.25, 0.3) is 0 Å². The number of hydrogen-bond donors (Lipinski definition) is 0. The van der Waals surface area contributed by atoms with Gasteiger partial charge in [-0.2, -0.15) is 0 Å². The van der Waals surface area contributed by atoms with Crippen molar-refractivity contribution in [2.24, 2.45) is 0 Å². The molecule has 0 aromatic heterocycles.